The van der Waals surface area contributed by atoms with Crippen LogP contribution in [-0.4, -0.2) is 87.0 Å². The molecule has 7 heterocycles. The number of nitrogens with zero attached hydrogens (tertiary/aromatic N) is 8. The van der Waals surface area contributed by atoms with E-state index in [1.165, 1.54) is 6.07 Å². The van der Waals surface area contributed by atoms with Gasteiger partial charge in [0, 0.05) is 91.8 Å². The van der Waals surface area contributed by atoms with E-state index in [0.29, 0.717) is 35.6 Å². The maximum atomic E-state index is 13.2. The van der Waals surface area contributed by atoms with E-state index in [4.69, 9.17) is 14.5 Å². The van der Waals surface area contributed by atoms with Gasteiger partial charge in [0.15, 0.2) is 0 Å². The number of piperazine rings is 1. The number of amides is 2. The Kier molecular flexibility index (Phi) is 12.6. The molecule has 1 aliphatic heterocycles. The van der Waals surface area contributed by atoms with Gasteiger partial charge in [-0.2, -0.15) is 13.2 Å². The number of fused-ring (bicyclic) bond motifs is 2. The molecule has 0 saturated carbocycles. The lowest BCUT2D eigenvalue weighted by atomic mass is 10.0. The molecule has 9 rings (SSSR count). The van der Waals surface area contributed by atoms with Crippen LogP contribution in [0.5, 0.6) is 11.5 Å². The zero-order chi connectivity index (χ0) is 44.6. The number of nitrogens with one attached hydrogen (secondary N) is 1. The second-order valence-corrected chi connectivity index (χ2v) is 14.6. The van der Waals surface area contributed by atoms with Crippen LogP contribution in [0, 0.1) is 0 Å². The Morgan fingerprint density at radius 3 is 1.73 bits per heavy atom. The summed E-state index contributed by atoms with van der Waals surface area (Å²) in [5.74, 6) is 1.94. The van der Waals surface area contributed by atoms with E-state index in [-0.39, 0.29) is 18.1 Å². The molecule has 64 heavy (non-hydrogen) atoms. The van der Waals surface area contributed by atoms with Crippen molar-refractivity contribution in [1.29, 1.82) is 0 Å². The van der Waals surface area contributed by atoms with Crippen molar-refractivity contribution in [1.82, 2.24) is 40.1 Å². The van der Waals surface area contributed by atoms with Gasteiger partial charge in [0.2, 0.25) is 0 Å². The summed E-state index contributed by atoms with van der Waals surface area (Å²) in [6.45, 7) is 2.79. The first-order valence-electron chi connectivity index (χ1n) is 20.1. The van der Waals surface area contributed by atoms with Crippen LogP contribution in [0.25, 0.3) is 44.1 Å². The van der Waals surface area contributed by atoms with E-state index in [2.05, 4.69) is 35.1 Å². The maximum Gasteiger partial charge on any atom is 0.433 e. The van der Waals surface area contributed by atoms with Gasteiger partial charge in [0.25, 0.3) is 11.8 Å². The molecule has 322 valence electrons. The summed E-state index contributed by atoms with van der Waals surface area (Å²) in [7, 11) is 3.23. The Hall–Kier alpha value is -8.01. The largest absolute Gasteiger partial charge is 0.497 e. The highest BCUT2D eigenvalue weighted by Gasteiger charge is 2.32. The highest BCUT2D eigenvalue weighted by atomic mass is 19.4. The van der Waals surface area contributed by atoms with Gasteiger partial charge in [-0.1, -0.05) is 36.4 Å². The highest BCUT2D eigenvalue weighted by Crippen LogP contribution is 2.31. The molecule has 1 aliphatic rings. The molecule has 6 aromatic heterocycles. The standard InChI is InChI=1S/C25H23N5O2.C23H17F3N4O2/c1-32-20-8-5-18(6-9-20)21-17-26-16-19-7-10-22(28-24(19)21)25(31)30-14-12-29(13-15-30)23-4-2-3-11-27-23;1-32-17-6-3-15(4-7-17)18-13-27-12-16-5-8-19(30-21(16)18)22(31)29-11-14-2-9-20(28-10-14)23(24,25)26/h2-11,16-17H,12-15H2,1H3;2-10,12-13H,11H2,1H3,(H,29,31). The Labute approximate surface area is 365 Å². The number of anilines is 1. The van der Waals surface area contributed by atoms with Crippen LogP contribution in [-0.2, 0) is 12.7 Å². The normalized spacial score (nSPS) is 12.6. The van der Waals surface area contributed by atoms with E-state index in [1.807, 2.05) is 77.7 Å². The van der Waals surface area contributed by atoms with E-state index in [9.17, 15) is 22.8 Å². The number of halogens is 3. The number of hydrogen-bond donors (Lipinski definition) is 1. The molecule has 1 N–H and O–H groups in total. The number of benzene rings is 2. The minimum atomic E-state index is -4.51. The van der Waals surface area contributed by atoms with Gasteiger partial charge in [0.05, 0.1) is 25.3 Å². The number of carbonyl (C=O) groups is 2. The van der Waals surface area contributed by atoms with Gasteiger partial charge >= 0.3 is 6.18 Å². The van der Waals surface area contributed by atoms with Crippen molar-refractivity contribution in [2.75, 3.05) is 45.3 Å². The smallest absolute Gasteiger partial charge is 0.433 e. The average Bonchev–Trinajstić information content (AvgIpc) is 3.35. The summed E-state index contributed by atoms with van der Waals surface area (Å²) in [5.41, 5.74) is 4.94. The van der Waals surface area contributed by atoms with Crippen molar-refractivity contribution in [3.05, 3.63) is 163 Å². The molecule has 1 saturated heterocycles. The van der Waals surface area contributed by atoms with E-state index in [0.717, 1.165) is 75.5 Å². The third kappa shape index (κ3) is 9.70. The molecule has 2 amide bonds. The van der Waals surface area contributed by atoms with Crippen molar-refractivity contribution < 1.29 is 32.2 Å². The summed E-state index contributed by atoms with van der Waals surface area (Å²) in [5, 5.41) is 4.32. The average molecular weight is 864 g/mol. The molecule has 0 unspecified atom stereocenters. The molecule has 2 aromatic carbocycles. The Bertz CT molecular complexity index is 2900. The number of aromatic nitrogens is 6. The molecule has 16 heteroatoms. The van der Waals surface area contributed by atoms with Crippen LogP contribution in [0.2, 0.25) is 0 Å². The zero-order valence-electron chi connectivity index (χ0n) is 34.7. The number of rotatable bonds is 9. The van der Waals surface area contributed by atoms with E-state index >= 15 is 0 Å². The second kappa shape index (κ2) is 18.9. The summed E-state index contributed by atoms with van der Waals surface area (Å²) >= 11 is 0. The van der Waals surface area contributed by atoms with Crippen LogP contribution in [0.3, 0.4) is 0 Å². The lowest BCUT2D eigenvalue weighted by Crippen LogP contribution is -2.49. The van der Waals surface area contributed by atoms with Crippen LogP contribution >= 0.6 is 0 Å². The SMILES string of the molecule is COc1ccc(-c2cncc3ccc(C(=O)N4CCN(c5ccccn5)CC4)nc23)cc1.COc1ccc(-c2cncc3ccc(C(=O)NCc4ccc(C(F)(F)F)nc4)nc23)cc1. The van der Waals surface area contributed by atoms with Crippen molar-refractivity contribution >= 4 is 39.4 Å². The number of pyridine rings is 6. The lowest BCUT2D eigenvalue weighted by molar-refractivity contribution is -0.141. The second-order valence-electron chi connectivity index (χ2n) is 14.6. The summed E-state index contributed by atoms with van der Waals surface area (Å²) in [6, 6.07) is 30.2. The van der Waals surface area contributed by atoms with Gasteiger partial charge in [-0.15, -0.1) is 0 Å². The molecule has 13 nitrogen and oxygen atoms in total. The molecule has 1 fully saturated rings. The molecule has 0 atom stereocenters. The first kappa shape index (κ1) is 42.7. The first-order valence-corrected chi connectivity index (χ1v) is 20.1. The first-order chi connectivity index (χ1) is 31.1. The summed E-state index contributed by atoms with van der Waals surface area (Å²) in [6.07, 6.45) is 5.27. The van der Waals surface area contributed by atoms with Crippen LogP contribution in [0.1, 0.15) is 32.2 Å². The van der Waals surface area contributed by atoms with Gasteiger partial charge in [-0.3, -0.25) is 24.5 Å². The topological polar surface area (TPSA) is 148 Å². The third-order valence-corrected chi connectivity index (χ3v) is 10.6. The monoisotopic (exact) mass is 863 g/mol. The number of carbonyl (C=O) groups excluding carboxylic acids is 2. The fourth-order valence-electron chi connectivity index (χ4n) is 7.11. The number of methoxy groups -OCH3 is 2. The fourth-order valence-corrected chi connectivity index (χ4v) is 7.11. The maximum absolute atomic E-state index is 13.2. The Morgan fingerprint density at radius 1 is 0.641 bits per heavy atom. The molecule has 0 spiro atoms. The molecule has 0 bridgehead atoms. The van der Waals surface area contributed by atoms with Crippen molar-refractivity contribution in [3.8, 4) is 33.8 Å². The lowest BCUT2D eigenvalue weighted by Gasteiger charge is -2.35. The minimum absolute atomic E-state index is 0.0192. The molecule has 0 aliphatic carbocycles. The number of hydrogen-bond acceptors (Lipinski definition) is 11. The summed E-state index contributed by atoms with van der Waals surface area (Å²) in [4.78, 5) is 55.6. The predicted octanol–water partition coefficient (Wildman–Crippen LogP) is 8.31. The zero-order valence-corrected chi connectivity index (χ0v) is 34.7. The molecular weight excluding hydrogens is 824 g/mol. The van der Waals surface area contributed by atoms with Crippen LogP contribution in [0.4, 0.5) is 19.0 Å². The Balaban J connectivity index is 0.000000175. The molecule has 0 radical (unpaired) electrons. The van der Waals surface area contributed by atoms with Gasteiger partial charge in [0.1, 0.15) is 34.4 Å². The predicted molar refractivity (Wildman–Crippen MR) is 236 cm³/mol. The number of ether oxygens (including phenoxy) is 2. The molecule has 8 aromatic rings. The van der Waals surface area contributed by atoms with Gasteiger partial charge in [-0.25, -0.2) is 15.0 Å². The van der Waals surface area contributed by atoms with Crippen LogP contribution < -0.4 is 19.7 Å². The van der Waals surface area contributed by atoms with Crippen molar-refractivity contribution in [2.45, 2.75) is 12.7 Å². The third-order valence-electron chi connectivity index (χ3n) is 10.6. The van der Waals surface area contributed by atoms with Gasteiger partial charge in [-0.05, 0) is 83.4 Å². The van der Waals surface area contributed by atoms with E-state index < -0.39 is 17.8 Å². The van der Waals surface area contributed by atoms with Crippen LogP contribution in [0.15, 0.2) is 140 Å². The summed E-state index contributed by atoms with van der Waals surface area (Å²) < 4.78 is 48.3. The fraction of sp³-hybridized carbons (Fsp3) is 0.167. The number of alkyl halides is 3. The van der Waals surface area contributed by atoms with Gasteiger partial charge < -0.3 is 24.6 Å². The highest BCUT2D eigenvalue weighted by molar-refractivity contribution is 5.99. The minimum Gasteiger partial charge on any atom is -0.497 e. The molecular formula is C48H40F3N9O4. The van der Waals surface area contributed by atoms with Crippen molar-refractivity contribution in [3.63, 3.8) is 0 Å². The Morgan fingerprint density at radius 2 is 1.22 bits per heavy atom. The quantitative estimate of drug-likeness (QED) is 0.149. The van der Waals surface area contributed by atoms with E-state index in [1.54, 1.807) is 63.4 Å². The van der Waals surface area contributed by atoms with Crippen molar-refractivity contribution in [2.24, 2.45) is 0 Å².